The summed E-state index contributed by atoms with van der Waals surface area (Å²) >= 11 is 0. The summed E-state index contributed by atoms with van der Waals surface area (Å²) in [4.78, 5) is 0. The zero-order valence-electron chi connectivity index (χ0n) is 10.3. The lowest BCUT2D eigenvalue weighted by Crippen LogP contribution is -1.93. The molecule has 0 aliphatic heterocycles. The van der Waals surface area contributed by atoms with Gasteiger partial charge in [0.2, 0.25) is 0 Å². The normalized spacial score (nSPS) is 16.6. The molecule has 2 rings (SSSR count). The number of fused-ring (bicyclic) bond motifs is 1. The van der Waals surface area contributed by atoms with Gasteiger partial charge in [0.05, 0.1) is 12.5 Å². The molecule has 0 saturated carbocycles. The molecule has 0 saturated heterocycles. The van der Waals surface area contributed by atoms with Gasteiger partial charge in [-0.3, -0.25) is 0 Å². The maximum Gasteiger partial charge on any atom is 0.333 e. The highest BCUT2D eigenvalue weighted by molar-refractivity contribution is 5.94. The van der Waals surface area contributed by atoms with Crippen LogP contribution in [-0.4, -0.2) is 5.78 Å². The zero-order chi connectivity index (χ0) is 11.7. The monoisotopic (exact) mass is 213 g/mol. The smallest absolute Gasteiger partial charge is 0.223 e. The standard InChI is InChI=1S/C15H17O/c1-10(2)16-12(4)15-11(3)9-13-7-5-6-8-14(13)15/h5-9H,1-4H3/q+1/b15-12-. The molecule has 0 heterocycles. The van der Waals surface area contributed by atoms with Crippen molar-refractivity contribution in [3.05, 3.63) is 46.7 Å². The molecule has 0 N–H and O–H groups in total. The van der Waals surface area contributed by atoms with Crippen molar-refractivity contribution in [1.82, 2.24) is 0 Å². The summed E-state index contributed by atoms with van der Waals surface area (Å²) in [5.74, 6) is 1.96. The van der Waals surface area contributed by atoms with Gasteiger partial charge in [0.15, 0.2) is 0 Å². The van der Waals surface area contributed by atoms with Crippen molar-refractivity contribution in [2.24, 2.45) is 0 Å². The highest BCUT2D eigenvalue weighted by Crippen LogP contribution is 2.36. The van der Waals surface area contributed by atoms with Crippen molar-refractivity contribution in [3.8, 4) is 0 Å². The Labute approximate surface area is 96.8 Å². The van der Waals surface area contributed by atoms with Gasteiger partial charge in [-0.25, -0.2) is 4.42 Å². The van der Waals surface area contributed by atoms with E-state index in [0.717, 1.165) is 11.5 Å². The fourth-order valence-electron chi connectivity index (χ4n) is 2.19. The lowest BCUT2D eigenvalue weighted by atomic mass is 10.0. The van der Waals surface area contributed by atoms with Gasteiger partial charge in [-0.2, -0.15) is 0 Å². The maximum atomic E-state index is 5.72. The van der Waals surface area contributed by atoms with Crippen LogP contribution in [0, 0.1) is 0 Å². The Kier molecular flexibility index (Phi) is 2.78. The van der Waals surface area contributed by atoms with Crippen LogP contribution in [0.5, 0.6) is 0 Å². The molecule has 0 aromatic heterocycles. The predicted octanol–water partition coefficient (Wildman–Crippen LogP) is 3.98. The van der Waals surface area contributed by atoms with Gasteiger partial charge in [-0.1, -0.05) is 30.3 Å². The Morgan fingerprint density at radius 1 is 1.06 bits per heavy atom. The van der Waals surface area contributed by atoms with Crippen molar-refractivity contribution in [2.45, 2.75) is 27.7 Å². The van der Waals surface area contributed by atoms with Gasteiger partial charge in [0, 0.05) is 13.8 Å². The molecule has 0 spiro atoms. The van der Waals surface area contributed by atoms with E-state index in [1.807, 2.05) is 20.8 Å². The number of allylic oxidation sites excluding steroid dienone is 3. The van der Waals surface area contributed by atoms with Gasteiger partial charge in [-0.15, -0.1) is 0 Å². The molecule has 82 valence electrons. The van der Waals surface area contributed by atoms with Crippen LogP contribution >= 0.6 is 0 Å². The van der Waals surface area contributed by atoms with Crippen molar-refractivity contribution in [3.63, 3.8) is 0 Å². The van der Waals surface area contributed by atoms with E-state index in [-0.39, 0.29) is 0 Å². The predicted molar refractivity (Wildman–Crippen MR) is 69.0 cm³/mol. The van der Waals surface area contributed by atoms with Crippen LogP contribution in [0.4, 0.5) is 0 Å². The van der Waals surface area contributed by atoms with Crippen LogP contribution in [-0.2, 0) is 4.42 Å². The van der Waals surface area contributed by atoms with E-state index < -0.39 is 0 Å². The molecule has 16 heavy (non-hydrogen) atoms. The number of rotatable bonds is 1. The first kappa shape index (κ1) is 10.9. The van der Waals surface area contributed by atoms with E-state index in [1.54, 1.807) is 0 Å². The van der Waals surface area contributed by atoms with Crippen LogP contribution in [0.15, 0.2) is 35.6 Å². The lowest BCUT2D eigenvalue weighted by molar-refractivity contribution is -0.396. The Morgan fingerprint density at radius 3 is 2.44 bits per heavy atom. The molecule has 1 aliphatic carbocycles. The topological polar surface area (TPSA) is 11.3 Å². The van der Waals surface area contributed by atoms with Crippen LogP contribution in [0.25, 0.3) is 11.6 Å². The zero-order valence-corrected chi connectivity index (χ0v) is 10.3. The highest BCUT2D eigenvalue weighted by Gasteiger charge is 2.22. The number of hydrogen-bond donors (Lipinski definition) is 0. The first-order valence-electron chi connectivity index (χ1n) is 5.56. The summed E-state index contributed by atoms with van der Waals surface area (Å²) in [7, 11) is 0. The molecular weight excluding hydrogens is 196 g/mol. The third kappa shape index (κ3) is 1.85. The lowest BCUT2D eigenvalue weighted by Gasteiger charge is -1.99. The summed E-state index contributed by atoms with van der Waals surface area (Å²) in [6, 6.07) is 8.43. The SMILES string of the molecule is CC1=Cc2ccccc2/C1=C(/C)[O+]=C(C)C. The van der Waals surface area contributed by atoms with E-state index in [9.17, 15) is 0 Å². The van der Waals surface area contributed by atoms with Gasteiger partial charge in [0.1, 0.15) is 0 Å². The quantitative estimate of drug-likeness (QED) is 0.494. The Bertz CT molecular complexity index is 512. The van der Waals surface area contributed by atoms with Crippen molar-refractivity contribution >= 4 is 17.4 Å². The summed E-state index contributed by atoms with van der Waals surface area (Å²) in [5.41, 5.74) is 5.07. The summed E-state index contributed by atoms with van der Waals surface area (Å²) < 4.78 is 5.72. The van der Waals surface area contributed by atoms with Crippen LogP contribution in [0.1, 0.15) is 38.8 Å². The molecule has 1 aromatic carbocycles. The summed E-state index contributed by atoms with van der Waals surface area (Å²) in [5, 5.41) is 0. The van der Waals surface area contributed by atoms with E-state index in [4.69, 9.17) is 4.42 Å². The molecule has 1 heteroatoms. The molecule has 1 aromatic rings. The van der Waals surface area contributed by atoms with Crippen molar-refractivity contribution < 1.29 is 4.42 Å². The van der Waals surface area contributed by atoms with E-state index in [0.29, 0.717) is 0 Å². The largest absolute Gasteiger partial charge is 0.333 e. The fourth-order valence-corrected chi connectivity index (χ4v) is 2.19. The van der Waals surface area contributed by atoms with Crippen LogP contribution in [0.3, 0.4) is 0 Å². The molecule has 0 unspecified atom stereocenters. The third-order valence-electron chi connectivity index (χ3n) is 2.71. The van der Waals surface area contributed by atoms with Crippen molar-refractivity contribution in [2.75, 3.05) is 0 Å². The molecule has 0 atom stereocenters. The average molecular weight is 213 g/mol. The molecule has 0 amide bonds. The van der Waals surface area contributed by atoms with Gasteiger partial charge in [-0.05, 0) is 23.6 Å². The minimum atomic E-state index is 0.974. The average Bonchev–Trinajstić information content (AvgIpc) is 2.52. The Hall–Kier alpha value is -1.63. The maximum absolute atomic E-state index is 5.72. The van der Waals surface area contributed by atoms with E-state index in [1.165, 1.54) is 22.3 Å². The number of hydrogen-bond acceptors (Lipinski definition) is 0. The minimum absolute atomic E-state index is 0.974. The minimum Gasteiger partial charge on any atom is -0.223 e. The highest BCUT2D eigenvalue weighted by atomic mass is 16.4. The molecule has 1 nitrogen and oxygen atoms in total. The molecule has 1 aliphatic rings. The second-order valence-electron chi connectivity index (χ2n) is 4.36. The molecule has 0 bridgehead atoms. The fraction of sp³-hybridized carbons (Fsp3) is 0.267. The van der Waals surface area contributed by atoms with Crippen LogP contribution in [0.2, 0.25) is 0 Å². The molecule has 0 fully saturated rings. The van der Waals surface area contributed by atoms with Crippen molar-refractivity contribution in [1.29, 1.82) is 0 Å². The molecular formula is C15H17O+. The first-order valence-corrected chi connectivity index (χ1v) is 5.56. The van der Waals surface area contributed by atoms with Gasteiger partial charge < -0.3 is 0 Å². The Balaban J connectivity index is 2.60. The van der Waals surface area contributed by atoms with Gasteiger partial charge >= 0.3 is 5.76 Å². The van der Waals surface area contributed by atoms with Crippen LogP contribution < -0.4 is 0 Å². The number of benzene rings is 1. The third-order valence-corrected chi connectivity index (χ3v) is 2.71. The second-order valence-corrected chi connectivity index (χ2v) is 4.36. The first-order chi connectivity index (χ1) is 7.59. The van der Waals surface area contributed by atoms with E-state index >= 15 is 0 Å². The van der Waals surface area contributed by atoms with Gasteiger partial charge in [0.25, 0.3) is 5.78 Å². The molecule has 0 radical (unpaired) electrons. The summed E-state index contributed by atoms with van der Waals surface area (Å²) in [6.07, 6.45) is 2.21. The number of carbonyl (C=O) groups excluding carboxylic acids is 1. The second kappa shape index (κ2) is 4.09. The Morgan fingerprint density at radius 2 is 1.75 bits per heavy atom. The number of ketones is 1. The summed E-state index contributed by atoms with van der Waals surface area (Å²) in [6.45, 7) is 8.11. The van der Waals surface area contributed by atoms with E-state index in [2.05, 4.69) is 37.3 Å².